The monoisotopic (exact) mass is 548 g/mol. The largest absolute Gasteiger partial charge is 0.491 e. The molecule has 0 spiro atoms. The minimum Gasteiger partial charge on any atom is -0.491 e. The number of aromatic nitrogens is 1. The van der Waals surface area contributed by atoms with Crippen LogP contribution < -0.4 is 15.4 Å². The van der Waals surface area contributed by atoms with E-state index in [1.807, 2.05) is 19.2 Å². The van der Waals surface area contributed by atoms with Crippen molar-refractivity contribution >= 4 is 40.8 Å². The van der Waals surface area contributed by atoms with Crippen molar-refractivity contribution in [2.75, 3.05) is 33.4 Å². The maximum atomic E-state index is 5.93. The van der Waals surface area contributed by atoms with Crippen LogP contribution in [0.3, 0.4) is 0 Å². The molecule has 0 saturated carbocycles. The van der Waals surface area contributed by atoms with Crippen molar-refractivity contribution in [2.24, 2.45) is 4.99 Å². The summed E-state index contributed by atoms with van der Waals surface area (Å²) in [6, 6.07) is 16.6. The fourth-order valence-electron chi connectivity index (χ4n) is 3.38. The quantitative estimate of drug-likeness (QED) is 0.169. The lowest BCUT2D eigenvalue weighted by atomic mass is 10.1. The van der Waals surface area contributed by atoms with Gasteiger partial charge in [0.05, 0.1) is 12.1 Å². The van der Waals surface area contributed by atoms with Gasteiger partial charge in [-0.3, -0.25) is 9.98 Å². The number of benzene rings is 2. The van der Waals surface area contributed by atoms with E-state index in [1.54, 1.807) is 7.05 Å². The summed E-state index contributed by atoms with van der Waals surface area (Å²) < 4.78 is 11.3. The van der Waals surface area contributed by atoms with Crippen LogP contribution in [0, 0.1) is 6.92 Å². The minimum atomic E-state index is 0. The molecule has 172 valence electrons. The van der Waals surface area contributed by atoms with Crippen LogP contribution in [0.25, 0.3) is 10.9 Å². The molecule has 1 heterocycles. The predicted octanol–water partition coefficient (Wildman–Crippen LogP) is 4.48. The third-order valence-corrected chi connectivity index (χ3v) is 4.98. The molecule has 2 aromatic carbocycles. The molecule has 0 atom stereocenters. The van der Waals surface area contributed by atoms with Gasteiger partial charge in [-0.15, -0.1) is 24.0 Å². The van der Waals surface area contributed by atoms with E-state index >= 15 is 0 Å². The molecular weight excluding hydrogens is 515 g/mol. The summed E-state index contributed by atoms with van der Waals surface area (Å²) in [4.78, 5) is 8.88. The topological polar surface area (TPSA) is 67.8 Å². The van der Waals surface area contributed by atoms with E-state index in [0.29, 0.717) is 26.4 Å². The SMILES string of the molecule is CCOCCOc1cc(C)ccc1CNC(=NC)NCCc1cccc2cccnc12.I. The molecule has 0 fully saturated rings. The third kappa shape index (κ3) is 7.63. The number of hydrogen-bond acceptors (Lipinski definition) is 4. The van der Waals surface area contributed by atoms with Gasteiger partial charge in [-0.2, -0.15) is 0 Å². The summed E-state index contributed by atoms with van der Waals surface area (Å²) in [6.07, 6.45) is 2.71. The molecule has 0 amide bonds. The van der Waals surface area contributed by atoms with Gasteiger partial charge in [-0.05, 0) is 43.5 Å². The van der Waals surface area contributed by atoms with E-state index in [4.69, 9.17) is 9.47 Å². The maximum absolute atomic E-state index is 5.93. The highest BCUT2D eigenvalue weighted by Gasteiger charge is 2.07. The van der Waals surface area contributed by atoms with Gasteiger partial charge in [0.1, 0.15) is 12.4 Å². The average Bonchev–Trinajstić information content (AvgIpc) is 2.80. The predicted molar refractivity (Wildman–Crippen MR) is 142 cm³/mol. The molecule has 3 aromatic rings. The van der Waals surface area contributed by atoms with Gasteiger partial charge in [0.2, 0.25) is 0 Å². The molecule has 6 nitrogen and oxygen atoms in total. The molecule has 0 unspecified atom stereocenters. The third-order valence-electron chi connectivity index (χ3n) is 4.98. The Bertz CT molecular complexity index is 1000. The van der Waals surface area contributed by atoms with Crippen molar-refractivity contribution in [3.63, 3.8) is 0 Å². The van der Waals surface area contributed by atoms with Gasteiger partial charge in [-0.25, -0.2) is 0 Å². The molecular formula is C25H33IN4O2. The van der Waals surface area contributed by atoms with Gasteiger partial charge in [-0.1, -0.05) is 36.4 Å². The highest BCUT2D eigenvalue weighted by atomic mass is 127. The lowest BCUT2D eigenvalue weighted by Crippen LogP contribution is -2.38. The lowest BCUT2D eigenvalue weighted by molar-refractivity contribution is 0.110. The summed E-state index contributed by atoms with van der Waals surface area (Å²) in [7, 11) is 1.78. The standard InChI is InChI=1S/C25H32N4O2.HI/c1-4-30-15-16-31-23-17-19(2)10-11-22(23)18-29-25(26-3)28-14-12-21-8-5-7-20-9-6-13-27-24(20)21;/h5-11,13,17H,4,12,14-16,18H2,1-3H3,(H2,26,28,29);1H. The van der Waals surface area contributed by atoms with E-state index in [0.717, 1.165) is 35.8 Å². The number of rotatable bonds is 10. The molecule has 2 N–H and O–H groups in total. The van der Waals surface area contributed by atoms with Crippen LogP contribution in [0.2, 0.25) is 0 Å². The first-order chi connectivity index (χ1) is 15.2. The molecule has 0 aliphatic rings. The summed E-state index contributed by atoms with van der Waals surface area (Å²) in [5.41, 5.74) is 4.54. The Balaban J connectivity index is 0.00000363. The van der Waals surface area contributed by atoms with Crippen molar-refractivity contribution < 1.29 is 9.47 Å². The highest BCUT2D eigenvalue weighted by molar-refractivity contribution is 14.0. The number of fused-ring (bicyclic) bond motifs is 1. The van der Waals surface area contributed by atoms with Gasteiger partial charge in [0, 0.05) is 43.9 Å². The molecule has 32 heavy (non-hydrogen) atoms. The van der Waals surface area contributed by atoms with Crippen molar-refractivity contribution in [3.05, 3.63) is 71.4 Å². The Kier molecular flexibility index (Phi) is 11.2. The summed E-state index contributed by atoms with van der Waals surface area (Å²) in [5, 5.41) is 7.94. The molecule has 0 aliphatic carbocycles. The number of pyridine rings is 1. The fourth-order valence-corrected chi connectivity index (χ4v) is 3.38. The normalized spacial score (nSPS) is 11.2. The molecule has 0 radical (unpaired) electrons. The van der Waals surface area contributed by atoms with Crippen LogP contribution >= 0.6 is 24.0 Å². The number of aliphatic imine (C=N–C) groups is 1. The molecule has 0 bridgehead atoms. The van der Waals surface area contributed by atoms with E-state index in [1.165, 1.54) is 16.5 Å². The summed E-state index contributed by atoms with van der Waals surface area (Å²) in [5.74, 6) is 1.64. The Hall–Kier alpha value is -2.39. The number of nitrogens with one attached hydrogen (secondary N) is 2. The molecule has 0 aliphatic heterocycles. The average molecular weight is 548 g/mol. The van der Waals surface area contributed by atoms with E-state index < -0.39 is 0 Å². The lowest BCUT2D eigenvalue weighted by Gasteiger charge is -2.16. The Morgan fingerprint density at radius 3 is 2.69 bits per heavy atom. The van der Waals surface area contributed by atoms with Gasteiger partial charge in [0.25, 0.3) is 0 Å². The fraction of sp³-hybridized carbons (Fsp3) is 0.360. The molecule has 3 rings (SSSR count). The number of ether oxygens (including phenoxy) is 2. The number of nitrogens with zero attached hydrogens (tertiary/aromatic N) is 2. The highest BCUT2D eigenvalue weighted by Crippen LogP contribution is 2.20. The van der Waals surface area contributed by atoms with Gasteiger partial charge < -0.3 is 20.1 Å². The minimum absolute atomic E-state index is 0. The van der Waals surface area contributed by atoms with Crippen molar-refractivity contribution in [3.8, 4) is 5.75 Å². The van der Waals surface area contributed by atoms with Crippen LogP contribution in [0.15, 0.2) is 59.7 Å². The van der Waals surface area contributed by atoms with E-state index in [9.17, 15) is 0 Å². The number of hydrogen-bond donors (Lipinski definition) is 2. The Morgan fingerprint density at radius 2 is 1.88 bits per heavy atom. The van der Waals surface area contributed by atoms with Gasteiger partial charge >= 0.3 is 0 Å². The second-order valence-electron chi connectivity index (χ2n) is 7.25. The maximum Gasteiger partial charge on any atom is 0.191 e. The number of halogens is 1. The Labute approximate surface area is 207 Å². The second-order valence-corrected chi connectivity index (χ2v) is 7.25. The smallest absolute Gasteiger partial charge is 0.191 e. The van der Waals surface area contributed by atoms with Crippen LogP contribution in [-0.4, -0.2) is 44.4 Å². The zero-order chi connectivity index (χ0) is 21.9. The zero-order valence-electron chi connectivity index (χ0n) is 19.1. The van der Waals surface area contributed by atoms with Crippen LogP contribution in [0.4, 0.5) is 0 Å². The van der Waals surface area contributed by atoms with Crippen LogP contribution in [0.5, 0.6) is 5.75 Å². The van der Waals surface area contributed by atoms with Crippen LogP contribution in [-0.2, 0) is 17.7 Å². The molecule has 1 aromatic heterocycles. The first-order valence-electron chi connectivity index (χ1n) is 10.8. The number of para-hydroxylation sites is 1. The first kappa shape index (κ1) is 25.9. The number of aryl methyl sites for hydroxylation is 1. The second kappa shape index (κ2) is 13.9. The number of guanidine groups is 1. The van der Waals surface area contributed by atoms with Crippen molar-refractivity contribution in [1.82, 2.24) is 15.6 Å². The molecule has 7 heteroatoms. The Morgan fingerprint density at radius 1 is 1.03 bits per heavy atom. The van der Waals surface area contributed by atoms with Crippen LogP contribution in [0.1, 0.15) is 23.6 Å². The summed E-state index contributed by atoms with van der Waals surface area (Å²) >= 11 is 0. The van der Waals surface area contributed by atoms with E-state index in [2.05, 4.69) is 70.0 Å². The van der Waals surface area contributed by atoms with E-state index in [-0.39, 0.29) is 24.0 Å². The molecule has 0 saturated heterocycles. The van der Waals surface area contributed by atoms with Crippen molar-refractivity contribution in [2.45, 2.75) is 26.8 Å². The first-order valence-corrected chi connectivity index (χ1v) is 10.8. The van der Waals surface area contributed by atoms with Gasteiger partial charge in [0.15, 0.2) is 5.96 Å². The zero-order valence-corrected chi connectivity index (χ0v) is 21.4. The van der Waals surface area contributed by atoms with Crippen molar-refractivity contribution in [1.29, 1.82) is 0 Å². The summed E-state index contributed by atoms with van der Waals surface area (Å²) in [6.45, 7) is 7.26.